The van der Waals surface area contributed by atoms with Crippen LogP contribution in [0.4, 0.5) is 4.39 Å². The number of nitrogens with zero attached hydrogens (tertiary/aromatic N) is 2. The van der Waals surface area contributed by atoms with Crippen molar-refractivity contribution in [2.75, 3.05) is 0 Å². The van der Waals surface area contributed by atoms with E-state index in [-0.39, 0.29) is 22.7 Å². The highest BCUT2D eigenvalue weighted by atomic mass is 35.5. The monoisotopic (exact) mass is 334 g/mol. The number of aryl methyl sites for hydroxylation is 1. The van der Waals surface area contributed by atoms with Gasteiger partial charge in [-0.2, -0.15) is 5.10 Å². The van der Waals surface area contributed by atoms with Gasteiger partial charge in [0.1, 0.15) is 11.5 Å². The van der Waals surface area contributed by atoms with E-state index in [1.807, 2.05) is 19.1 Å². The fourth-order valence-corrected chi connectivity index (χ4v) is 3.15. The van der Waals surface area contributed by atoms with Crippen LogP contribution in [0.1, 0.15) is 10.4 Å². The second-order valence-corrected chi connectivity index (χ2v) is 6.52. The largest absolute Gasteiger partial charge is 0.268 e. The van der Waals surface area contributed by atoms with Crippen LogP contribution in [-0.2, 0) is 6.54 Å². The second-order valence-electron chi connectivity index (χ2n) is 4.82. The molecule has 0 bridgehead atoms. The molecular formula is C16H12ClFN2OS. The summed E-state index contributed by atoms with van der Waals surface area (Å²) in [6.45, 7) is 2.01. The summed E-state index contributed by atoms with van der Waals surface area (Å²) in [7, 11) is 0. The van der Waals surface area contributed by atoms with E-state index < -0.39 is 5.82 Å². The molecule has 0 saturated heterocycles. The Balaban J connectivity index is 2.02. The van der Waals surface area contributed by atoms with Gasteiger partial charge in [-0.1, -0.05) is 17.7 Å². The van der Waals surface area contributed by atoms with Gasteiger partial charge in [0, 0.05) is 21.5 Å². The van der Waals surface area contributed by atoms with Crippen molar-refractivity contribution in [3.8, 4) is 10.6 Å². The first kappa shape index (κ1) is 14.9. The van der Waals surface area contributed by atoms with Gasteiger partial charge in [-0.3, -0.25) is 4.79 Å². The molecule has 3 rings (SSSR count). The molecule has 112 valence electrons. The van der Waals surface area contributed by atoms with E-state index in [9.17, 15) is 9.18 Å². The van der Waals surface area contributed by atoms with Crippen molar-refractivity contribution in [3.63, 3.8) is 0 Å². The lowest BCUT2D eigenvalue weighted by molar-refractivity contribution is 0.574. The van der Waals surface area contributed by atoms with E-state index in [1.54, 1.807) is 23.5 Å². The number of rotatable bonds is 3. The summed E-state index contributed by atoms with van der Waals surface area (Å²) in [6, 6.07) is 11.5. The van der Waals surface area contributed by atoms with Crippen LogP contribution < -0.4 is 5.56 Å². The smallest absolute Gasteiger partial charge is 0.267 e. The highest BCUT2D eigenvalue weighted by Gasteiger charge is 2.11. The minimum atomic E-state index is -0.446. The summed E-state index contributed by atoms with van der Waals surface area (Å²) < 4.78 is 15.1. The topological polar surface area (TPSA) is 34.9 Å². The average molecular weight is 335 g/mol. The standard InChI is InChI=1S/C16H12ClFN2OS/c1-10-5-7-15(22-10)14-6-8-16(21)20(19-14)9-11-12(17)3-2-4-13(11)18/h2-8H,9H2,1H3. The van der Waals surface area contributed by atoms with Crippen LogP contribution in [0.15, 0.2) is 47.3 Å². The lowest BCUT2D eigenvalue weighted by Gasteiger charge is -2.08. The van der Waals surface area contributed by atoms with Crippen molar-refractivity contribution in [3.05, 3.63) is 74.1 Å². The third-order valence-corrected chi connectivity index (χ3v) is 4.61. The third-order valence-electron chi connectivity index (χ3n) is 3.23. The molecule has 0 saturated carbocycles. The molecular weight excluding hydrogens is 323 g/mol. The van der Waals surface area contributed by atoms with Gasteiger partial charge in [-0.25, -0.2) is 9.07 Å². The zero-order chi connectivity index (χ0) is 15.7. The number of hydrogen-bond acceptors (Lipinski definition) is 3. The Morgan fingerprint density at radius 3 is 2.73 bits per heavy atom. The van der Waals surface area contributed by atoms with E-state index in [1.165, 1.54) is 22.9 Å². The molecule has 0 aliphatic carbocycles. The normalized spacial score (nSPS) is 10.9. The van der Waals surface area contributed by atoms with Gasteiger partial charge in [-0.05, 0) is 37.3 Å². The van der Waals surface area contributed by atoms with Crippen molar-refractivity contribution in [1.82, 2.24) is 9.78 Å². The van der Waals surface area contributed by atoms with E-state index in [2.05, 4.69) is 5.10 Å². The molecule has 0 N–H and O–H groups in total. The Kier molecular flexibility index (Phi) is 4.09. The maximum atomic E-state index is 13.9. The molecule has 2 aromatic heterocycles. The van der Waals surface area contributed by atoms with Crippen molar-refractivity contribution in [1.29, 1.82) is 0 Å². The molecule has 0 radical (unpaired) electrons. The van der Waals surface area contributed by atoms with Gasteiger partial charge >= 0.3 is 0 Å². The molecule has 6 heteroatoms. The fourth-order valence-electron chi connectivity index (χ4n) is 2.10. The minimum absolute atomic E-state index is 0.00252. The number of thiophene rings is 1. The highest BCUT2D eigenvalue weighted by Crippen LogP contribution is 2.25. The van der Waals surface area contributed by atoms with E-state index in [4.69, 9.17) is 11.6 Å². The van der Waals surface area contributed by atoms with Gasteiger partial charge in [0.15, 0.2) is 0 Å². The molecule has 3 nitrogen and oxygen atoms in total. The molecule has 0 unspecified atom stereocenters. The van der Waals surface area contributed by atoms with Crippen LogP contribution >= 0.6 is 22.9 Å². The van der Waals surface area contributed by atoms with Crippen molar-refractivity contribution in [2.24, 2.45) is 0 Å². The van der Waals surface area contributed by atoms with Gasteiger partial charge in [0.05, 0.1) is 11.4 Å². The van der Waals surface area contributed by atoms with Crippen molar-refractivity contribution < 1.29 is 4.39 Å². The van der Waals surface area contributed by atoms with Gasteiger partial charge in [0.2, 0.25) is 0 Å². The lowest BCUT2D eigenvalue weighted by atomic mass is 10.2. The predicted molar refractivity (Wildman–Crippen MR) is 87.1 cm³/mol. The van der Waals surface area contributed by atoms with E-state index >= 15 is 0 Å². The summed E-state index contributed by atoms with van der Waals surface area (Å²) >= 11 is 7.60. The summed E-state index contributed by atoms with van der Waals surface area (Å²) in [4.78, 5) is 14.1. The molecule has 0 atom stereocenters. The summed E-state index contributed by atoms with van der Waals surface area (Å²) in [5, 5.41) is 4.61. The van der Waals surface area contributed by atoms with Crippen molar-refractivity contribution >= 4 is 22.9 Å². The first-order chi connectivity index (χ1) is 10.5. The van der Waals surface area contributed by atoms with E-state index in [0.717, 1.165) is 9.75 Å². The predicted octanol–water partition coefficient (Wildman–Crippen LogP) is 4.12. The Bertz CT molecular complexity index is 868. The number of benzene rings is 1. The number of halogens is 2. The maximum absolute atomic E-state index is 13.9. The Labute approximate surface area is 135 Å². The molecule has 0 spiro atoms. The zero-order valence-corrected chi connectivity index (χ0v) is 13.3. The first-order valence-corrected chi connectivity index (χ1v) is 7.82. The van der Waals surface area contributed by atoms with Gasteiger partial charge in [-0.15, -0.1) is 11.3 Å². The van der Waals surface area contributed by atoms with Crippen LogP contribution in [-0.4, -0.2) is 9.78 Å². The molecule has 0 aliphatic rings. The fraction of sp³-hybridized carbons (Fsp3) is 0.125. The van der Waals surface area contributed by atoms with Crippen LogP contribution in [0.25, 0.3) is 10.6 Å². The van der Waals surface area contributed by atoms with Crippen LogP contribution in [0.3, 0.4) is 0 Å². The number of aromatic nitrogens is 2. The average Bonchev–Trinajstić information content (AvgIpc) is 2.91. The van der Waals surface area contributed by atoms with Crippen LogP contribution in [0, 0.1) is 12.7 Å². The molecule has 22 heavy (non-hydrogen) atoms. The molecule has 0 fully saturated rings. The summed E-state index contributed by atoms with van der Waals surface area (Å²) in [6.07, 6.45) is 0. The number of hydrogen-bond donors (Lipinski definition) is 0. The van der Waals surface area contributed by atoms with Gasteiger partial charge < -0.3 is 0 Å². The maximum Gasteiger partial charge on any atom is 0.267 e. The van der Waals surface area contributed by atoms with Crippen LogP contribution in [0.2, 0.25) is 5.02 Å². The molecule has 2 heterocycles. The zero-order valence-electron chi connectivity index (χ0n) is 11.7. The SMILES string of the molecule is Cc1ccc(-c2ccc(=O)n(Cc3c(F)cccc3Cl)n2)s1. The van der Waals surface area contributed by atoms with Gasteiger partial charge in [0.25, 0.3) is 5.56 Å². The Morgan fingerprint density at radius 1 is 1.23 bits per heavy atom. The van der Waals surface area contributed by atoms with Crippen molar-refractivity contribution in [2.45, 2.75) is 13.5 Å². The summed E-state index contributed by atoms with van der Waals surface area (Å²) in [5.41, 5.74) is 0.653. The highest BCUT2D eigenvalue weighted by molar-refractivity contribution is 7.15. The molecule has 0 aliphatic heterocycles. The Hall–Kier alpha value is -1.98. The lowest BCUT2D eigenvalue weighted by Crippen LogP contribution is -2.23. The first-order valence-electron chi connectivity index (χ1n) is 6.62. The van der Waals surface area contributed by atoms with Crippen LogP contribution in [0.5, 0.6) is 0 Å². The third kappa shape index (κ3) is 2.96. The molecule has 3 aromatic rings. The molecule has 0 amide bonds. The van der Waals surface area contributed by atoms with E-state index in [0.29, 0.717) is 5.69 Å². The summed E-state index contributed by atoms with van der Waals surface area (Å²) in [5.74, 6) is -0.446. The quantitative estimate of drug-likeness (QED) is 0.722. The second kappa shape index (κ2) is 6.02. The minimum Gasteiger partial charge on any atom is -0.268 e. The Morgan fingerprint density at radius 2 is 2.05 bits per heavy atom. The molecule has 1 aromatic carbocycles.